The summed E-state index contributed by atoms with van der Waals surface area (Å²) in [6.45, 7) is 6.18. The van der Waals surface area contributed by atoms with Crippen LogP contribution in [0.25, 0.3) is 17.1 Å². The molecule has 5 nitrogen and oxygen atoms in total. The lowest BCUT2D eigenvalue weighted by atomic mass is 10.1. The molecule has 0 bridgehead atoms. The fourth-order valence-corrected chi connectivity index (χ4v) is 3.44. The molecule has 0 saturated carbocycles. The van der Waals surface area contributed by atoms with Crippen molar-refractivity contribution < 1.29 is 4.79 Å². The van der Waals surface area contributed by atoms with Gasteiger partial charge in [-0.25, -0.2) is 0 Å². The average Bonchev–Trinajstić information content (AvgIpc) is 3.11. The molecule has 0 fully saturated rings. The highest BCUT2D eigenvalue weighted by Crippen LogP contribution is 2.28. The molecule has 7 heteroatoms. The van der Waals surface area contributed by atoms with Gasteiger partial charge < -0.3 is 5.32 Å². The van der Waals surface area contributed by atoms with E-state index in [1.54, 1.807) is 0 Å². The summed E-state index contributed by atoms with van der Waals surface area (Å²) >= 11 is 7.39. The Hall–Kier alpha value is -2.31. The van der Waals surface area contributed by atoms with Gasteiger partial charge in [-0.3, -0.25) is 9.36 Å². The van der Waals surface area contributed by atoms with Crippen molar-refractivity contribution in [3.63, 3.8) is 0 Å². The van der Waals surface area contributed by atoms with Gasteiger partial charge in [0.1, 0.15) is 0 Å². The van der Waals surface area contributed by atoms with Gasteiger partial charge in [0.05, 0.1) is 5.75 Å². The number of carbonyl (C=O) groups excluding carboxylic acids is 1. The van der Waals surface area contributed by atoms with E-state index in [4.69, 9.17) is 11.6 Å². The van der Waals surface area contributed by atoms with Crippen molar-refractivity contribution >= 4 is 29.3 Å². The van der Waals surface area contributed by atoms with Crippen LogP contribution in [0.4, 0.5) is 0 Å². The average molecular weight is 415 g/mol. The van der Waals surface area contributed by atoms with Crippen molar-refractivity contribution in [1.29, 1.82) is 0 Å². The smallest absolute Gasteiger partial charge is 0.230 e. The van der Waals surface area contributed by atoms with Crippen molar-refractivity contribution in [3.05, 3.63) is 59.6 Å². The van der Waals surface area contributed by atoms with Gasteiger partial charge in [-0.2, -0.15) is 0 Å². The van der Waals surface area contributed by atoms with Crippen LogP contribution in [0.3, 0.4) is 0 Å². The molecule has 1 amide bonds. The molecule has 2 aromatic carbocycles. The van der Waals surface area contributed by atoms with E-state index in [0.717, 1.165) is 11.3 Å². The van der Waals surface area contributed by atoms with Crippen LogP contribution in [-0.4, -0.2) is 32.5 Å². The Balaban J connectivity index is 1.87. The van der Waals surface area contributed by atoms with Crippen molar-refractivity contribution in [2.75, 3.05) is 5.75 Å². The summed E-state index contributed by atoms with van der Waals surface area (Å²) < 4.78 is 1.97. The van der Waals surface area contributed by atoms with Crippen LogP contribution in [0, 0.1) is 5.92 Å². The minimum atomic E-state index is -0.0122. The first kappa shape index (κ1) is 20.4. The fraction of sp³-hybridized carbons (Fsp3) is 0.286. The summed E-state index contributed by atoms with van der Waals surface area (Å²) in [5.41, 5.74) is 1.85. The van der Waals surface area contributed by atoms with Gasteiger partial charge in [-0.1, -0.05) is 55.4 Å². The Morgan fingerprint density at radius 3 is 2.39 bits per heavy atom. The number of hydrogen-bond donors (Lipinski definition) is 1. The highest BCUT2D eigenvalue weighted by atomic mass is 35.5. The molecule has 1 aromatic heterocycles. The summed E-state index contributed by atoms with van der Waals surface area (Å²) in [5.74, 6) is 1.37. The first-order valence-electron chi connectivity index (χ1n) is 9.14. The van der Waals surface area contributed by atoms with Crippen molar-refractivity contribution in [2.24, 2.45) is 5.92 Å². The number of hydrogen-bond acceptors (Lipinski definition) is 4. The third-order valence-corrected chi connectivity index (χ3v) is 5.65. The first-order valence-corrected chi connectivity index (χ1v) is 10.5. The largest absolute Gasteiger partial charge is 0.353 e. The molecule has 1 heterocycles. The second-order valence-electron chi connectivity index (χ2n) is 6.87. The number of benzene rings is 2. The molecular weight excluding hydrogens is 392 g/mol. The molecule has 0 radical (unpaired) electrons. The van der Waals surface area contributed by atoms with Gasteiger partial charge in [0.2, 0.25) is 5.91 Å². The van der Waals surface area contributed by atoms with Crippen LogP contribution >= 0.6 is 23.4 Å². The monoisotopic (exact) mass is 414 g/mol. The first-order chi connectivity index (χ1) is 13.5. The number of carbonyl (C=O) groups is 1. The molecule has 0 aliphatic rings. The molecular formula is C21H23ClN4OS. The Bertz CT molecular complexity index is 925. The summed E-state index contributed by atoms with van der Waals surface area (Å²) in [7, 11) is 0. The minimum Gasteiger partial charge on any atom is -0.353 e. The van der Waals surface area contributed by atoms with Crippen LogP contribution in [0.1, 0.15) is 20.8 Å². The maximum absolute atomic E-state index is 12.3. The van der Waals surface area contributed by atoms with Gasteiger partial charge in [0, 0.05) is 22.3 Å². The van der Waals surface area contributed by atoms with Crippen LogP contribution in [0.5, 0.6) is 0 Å². The molecule has 0 aliphatic carbocycles. The Morgan fingerprint density at radius 2 is 1.75 bits per heavy atom. The normalized spacial score (nSPS) is 12.2. The molecule has 3 aromatic rings. The Kier molecular flexibility index (Phi) is 6.75. The van der Waals surface area contributed by atoms with Gasteiger partial charge in [-0.15, -0.1) is 10.2 Å². The maximum Gasteiger partial charge on any atom is 0.230 e. The zero-order valence-corrected chi connectivity index (χ0v) is 17.7. The number of halogens is 1. The topological polar surface area (TPSA) is 59.8 Å². The van der Waals surface area contributed by atoms with Crippen LogP contribution in [0.2, 0.25) is 5.02 Å². The molecule has 0 spiro atoms. The molecule has 1 N–H and O–H groups in total. The molecule has 0 saturated heterocycles. The lowest BCUT2D eigenvalue weighted by Gasteiger charge is -2.17. The van der Waals surface area contributed by atoms with Crippen LogP contribution in [0.15, 0.2) is 59.8 Å². The number of nitrogens with zero attached hydrogens (tertiary/aromatic N) is 3. The van der Waals surface area contributed by atoms with Crippen molar-refractivity contribution in [2.45, 2.75) is 32.0 Å². The van der Waals surface area contributed by atoms with E-state index in [-0.39, 0.29) is 17.7 Å². The number of para-hydroxylation sites is 1. The van der Waals surface area contributed by atoms with E-state index < -0.39 is 0 Å². The SMILES string of the molecule is CC(C)C(C)NC(=O)CSc1nnc(-c2ccc(Cl)cc2)n1-c1ccccc1. The third kappa shape index (κ3) is 4.94. The zero-order chi connectivity index (χ0) is 20.1. The summed E-state index contributed by atoms with van der Waals surface area (Å²) in [4.78, 5) is 12.3. The summed E-state index contributed by atoms with van der Waals surface area (Å²) in [6, 6.07) is 17.5. The highest BCUT2D eigenvalue weighted by molar-refractivity contribution is 7.99. The predicted molar refractivity (Wildman–Crippen MR) is 115 cm³/mol. The highest BCUT2D eigenvalue weighted by Gasteiger charge is 2.18. The lowest BCUT2D eigenvalue weighted by Crippen LogP contribution is -2.37. The number of amides is 1. The van der Waals surface area contributed by atoms with E-state index in [9.17, 15) is 4.79 Å². The second-order valence-corrected chi connectivity index (χ2v) is 8.25. The quantitative estimate of drug-likeness (QED) is 0.562. The van der Waals surface area contributed by atoms with Gasteiger partial charge in [0.15, 0.2) is 11.0 Å². The fourth-order valence-electron chi connectivity index (χ4n) is 2.55. The Morgan fingerprint density at radius 1 is 1.07 bits per heavy atom. The molecule has 1 atom stereocenters. The van der Waals surface area contributed by atoms with Gasteiger partial charge in [0.25, 0.3) is 0 Å². The van der Waals surface area contributed by atoms with E-state index in [1.165, 1.54) is 11.8 Å². The van der Waals surface area contributed by atoms with Crippen molar-refractivity contribution in [1.82, 2.24) is 20.1 Å². The molecule has 28 heavy (non-hydrogen) atoms. The number of thioether (sulfide) groups is 1. The molecule has 3 rings (SSSR count). The van der Waals surface area contributed by atoms with E-state index in [2.05, 4.69) is 29.4 Å². The minimum absolute atomic E-state index is 0.0122. The number of rotatable bonds is 7. The maximum atomic E-state index is 12.3. The summed E-state index contributed by atoms with van der Waals surface area (Å²) in [6.07, 6.45) is 0. The van der Waals surface area contributed by atoms with Crippen LogP contribution < -0.4 is 5.32 Å². The molecule has 1 unspecified atom stereocenters. The number of aromatic nitrogens is 3. The number of nitrogens with one attached hydrogen (secondary N) is 1. The predicted octanol–water partition coefficient (Wildman–Crippen LogP) is 4.84. The van der Waals surface area contributed by atoms with Crippen molar-refractivity contribution in [3.8, 4) is 17.1 Å². The molecule has 0 aliphatic heterocycles. The van der Waals surface area contributed by atoms with Crippen LogP contribution in [-0.2, 0) is 4.79 Å². The third-order valence-electron chi connectivity index (χ3n) is 4.47. The Labute approximate surface area is 174 Å². The standard InChI is InChI=1S/C21H23ClN4OS/c1-14(2)15(3)23-19(27)13-28-21-25-24-20(16-9-11-17(22)12-10-16)26(21)18-7-5-4-6-8-18/h4-12,14-15H,13H2,1-3H3,(H,23,27). The second kappa shape index (κ2) is 9.26. The van der Waals surface area contributed by atoms with Gasteiger partial charge in [-0.05, 0) is 49.2 Å². The lowest BCUT2D eigenvalue weighted by molar-refractivity contribution is -0.119. The molecule has 146 valence electrons. The van der Waals surface area contributed by atoms with E-state index >= 15 is 0 Å². The van der Waals surface area contributed by atoms with E-state index in [0.29, 0.717) is 21.9 Å². The van der Waals surface area contributed by atoms with E-state index in [1.807, 2.05) is 66.1 Å². The zero-order valence-electron chi connectivity index (χ0n) is 16.1. The van der Waals surface area contributed by atoms with Gasteiger partial charge >= 0.3 is 0 Å². The summed E-state index contributed by atoms with van der Waals surface area (Å²) in [5, 5.41) is 13.1.